The number of aliphatic hydroxyl groups is 1. The summed E-state index contributed by atoms with van der Waals surface area (Å²) in [7, 11) is 0. The van der Waals surface area contributed by atoms with Crippen LogP contribution >= 0.6 is 11.6 Å². The molecule has 8 heteroatoms. The molecule has 0 unspecified atom stereocenters. The van der Waals surface area contributed by atoms with E-state index in [1.165, 1.54) is 4.90 Å². The number of nitrogens with zero attached hydrogens (tertiary/aromatic N) is 1. The fourth-order valence-electron chi connectivity index (χ4n) is 4.73. The van der Waals surface area contributed by atoms with Crippen LogP contribution in [-0.2, 0) is 19.9 Å². The van der Waals surface area contributed by atoms with Crippen LogP contribution in [-0.4, -0.2) is 46.4 Å². The molecule has 1 spiro atoms. The highest BCUT2D eigenvalue weighted by molar-refractivity contribution is 6.35. The predicted molar refractivity (Wildman–Crippen MR) is 99.0 cm³/mol. The third-order valence-electron chi connectivity index (χ3n) is 5.98. The number of benzene rings is 1. The summed E-state index contributed by atoms with van der Waals surface area (Å²) in [5.74, 6) is -2.79. The zero-order valence-corrected chi connectivity index (χ0v) is 15.9. The van der Waals surface area contributed by atoms with Crippen molar-refractivity contribution < 1.29 is 19.5 Å². The Morgan fingerprint density at radius 2 is 2.04 bits per heavy atom. The molecule has 0 aliphatic carbocycles. The maximum absolute atomic E-state index is 13.2. The molecule has 27 heavy (non-hydrogen) atoms. The van der Waals surface area contributed by atoms with Crippen LogP contribution in [0.15, 0.2) is 18.2 Å². The van der Waals surface area contributed by atoms with Crippen molar-refractivity contribution >= 4 is 35.0 Å². The van der Waals surface area contributed by atoms with Crippen LogP contribution in [0.5, 0.6) is 0 Å². The van der Waals surface area contributed by atoms with Crippen LogP contribution in [0.25, 0.3) is 0 Å². The number of rotatable bonds is 4. The highest BCUT2D eigenvalue weighted by Gasteiger charge is 2.71. The number of carbonyl (C=O) groups is 3. The predicted octanol–water partition coefficient (Wildman–Crippen LogP) is 1.24. The first-order chi connectivity index (χ1) is 12.8. The molecule has 0 aromatic heterocycles. The summed E-state index contributed by atoms with van der Waals surface area (Å²) < 4.78 is 0. The number of carbonyl (C=O) groups excluding carboxylic acids is 3. The molecule has 3 aliphatic heterocycles. The fraction of sp³-hybridized carbons (Fsp3) is 0.526. The molecule has 1 aromatic rings. The van der Waals surface area contributed by atoms with Crippen molar-refractivity contribution in [1.82, 2.24) is 10.2 Å². The number of fused-ring (bicyclic) bond motifs is 4. The Bertz CT molecular complexity index is 842. The van der Waals surface area contributed by atoms with Gasteiger partial charge in [-0.25, -0.2) is 0 Å². The van der Waals surface area contributed by atoms with Gasteiger partial charge in [0.1, 0.15) is 5.54 Å². The van der Waals surface area contributed by atoms with E-state index in [4.69, 9.17) is 11.6 Å². The molecule has 3 heterocycles. The fourth-order valence-corrected chi connectivity index (χ4v) is 4.96. The number of unbranched alkanes of at least 4 members (excludes halogenated alkanes) is 1. The molecule has 0 bridgehead atoms. The van der Waals surface area contributed by atoms with E-state index in [0.29, 0.717) is 29.2 Å². The number of imide groups is 1. The lowest BCUT2D eigenvalue weighted by Crippen LogP contribution is -2.54. The summed E-state index contributed by atoms with van der Waals surface area (Å²) in [5.41, 5.74) is -0.397. The molecule has 5 atom stereocenters. The lowest BCUT2D eigenvalue weighted by Gasteiger charge is -2.30. The van der Waals surface area contributed by atoms with E-state index >= 15 is 0 Å². The Morgan fingerprint density at radius 1 is 1.30 bits per heavy atom. The molecule has 3 amide bonds. The SMILES string of the molecule is CCCCN1C(=O)[C@@H]2[C@H]([C@H](C)O)N[C@@]3(C(=O)Nc4c(Cl)cccc43)[C@H]2C1=O. The van der Waals surface area contributed by atoms with Crippen molar-refractivity contribution in [3.05, 3.63) is 28.8 Å². The second-order valence-electron chi connectivity index (χ2n) is 7.52. The largest absolute Gasteiger partial charge is 0.392 e. The zero-order valence-electron chi connectivity index (χ0n) is 15.2. The Hall–Kier alpha value is -1.96. The average Bonchev–Trinajstić information content (AvgIpc) is 3.21. The van der Waals surface area contributed by atoms with Gasteiger partial charge in [-0.15, -0.1) is 0 Å². The maximum atomic E-state index is 13.2. The van der Waals surface area contributed by atoms with Gasteiger partial charge in [0, 0.05) is 18.2 Å². The van der Waals surface area contributed by atoms with Gasteiger partial charge in [0.15, 0.2) is 0 Å². The van der Waals surface area contributed by atoms with E-state index in [0.717, 1.165) is 6.42 Å². The van der Waals surface area contributed by atoms with Crippen molar-refractivity contribution in [1.29, 1.82) is 0 Å². The summed E-state index contributed by atoms with van der Waals surface area (Å²) in [6.45, 7) is 3.87. The highest BCUT2D eigenvalue weighted by atomic mass is 35.5. The molecule has 144 valence electrons. The molecule has 2 fully saturated rings. The van der Waals surface area contributed by atoms with Crippen molar-refractivity contribution in [3.8, 4) is 0 Å². The number of amides is 3. The molecule has 0 saturated carbocycles. The first kappa shape index (κ1) is 18.4. The van der Waals surface area contributed by atoms with Crippen LogP contribution in [0, 0.1) is 11.8 Å². The minimum atomic E-state index is -1.40. The Morgan fingerprint density at radius 3 is 2.70 bits per heavy atom. The molecule has 1 aromatic carbocycles. The maximum Gasteiger partial charge on any atom is 0.250 e. The molecule has 3 aliphatic rings. The van der Waals surface area contributed by atoms with Gasteiger partial charge in [0.05, 0.1) is 28.6 Å². The highest BCUT2D eigenvalue weighted by Crippen LogP contribution is 2.54. The Labute approximate surface area is 162 Å². The molecule has 2 saturated heterocycles. The van der Waals surface area contributed by atoms with Crippen molar-refractivity contribution in [2.24, 2.45) is 11.8 Å². The van der Waals surface area contributed by atoms with Crippen LogP contribution in [0.4, 0.5) is 5.69 Å². The van der Waals surface area contributed by atoms with Gasteiger partial charge in [-0.3, -0.25) is 24.6 Å². The Balaban J connectivity index is 1.87. The number of para-hydroxylation sites is 1. The topological polar surface area (TPSA) is 98.7 Å². The van der Waals surface area contributed by atoms with Crippen molar-refractivity contribution in [2.45, 2.75) is 44.4 Å². The van der Waals surface area contributed by atoms with Crippen LogP contribution in [0.1, 0.15) is 32.3 Å². The van der Waals surface area contributed by atoms with Crippen LogP contribution < -0.4 is 10.6 Å². The lowest BCUT2D eigenvalue weighted by molar-refractivity contribution is -0.143. The molecule has 3 N–H and O–H groups in total. The summed E-state index contributed by atoms with van der Waals surface area (Å²) in [4.78, 5) is 40.6. The third kappa shape index (κ3) is 2.31. The quantitative estimate of drug-likeness (QED) is 0.671. The average molecular weight is 392 g/mol. The number of likely N-dealkylation sites (tertiary alicyclic amines) is 1. The van der Waals surface area contributed by atoms with Gasteiger partial charge in [-0.1, -0.05) is 37.1 Å². The Kier molecular flexibility index (Phi) is 4.29. The molecule has 0 radical (unpaired) electrons. The zero-order chi connectivity index (χ0) is 19.5. The second-order valence-corrected chi connectivity index (χ2v) is 7.93. The molecule has 7 nitrogen and oxygen atoms in total. The number of nitrogens with one attached hydrogen (secondary N) is 2. The van der Waals surface area contributed by atoms with E-state index in [2.05, 4.69) is 10.6 Å². The lowest BCUT2D eigenvalue weighted by atomic mass is 9.76. The van der Waals surface area contributed by atoms with Gasteiger partial charge < -0.3 is 10.4 Å². The minimum absolute atomic E-state index is 0.322. The van der Waals surface area contributed by atoms with E-state index in [1.54, 1.807) is 25.1 Å². The summed E-state index contributed by atoms with van der Waals surface area (Å²) in [6, 6.07) is 4.41. The molecular weight excluding hydrogens is 370 g/mol. The summed E-state index contributed by atoms with van der Waals surface area (Å²) in [6.07, 6.45) is 0.635. The normalized spacial score (nSPS) is 32.8. The van der Waals surface area contributed by atoms with E-state index in [9.17, 15) is 19.5 Å². The number of halogens is 1. The molecular formula is C19H22ClN3O4. The first-order valence-electron chi connectivity index (χ1n) is 9.26. The monoisotopic (exact) mass is 391 g/mol. The van der Waals surface area contributed by atoms with Gasteiger partial charge in [0.25, 0.3) is 0 Å². The van der Waals surface area contributed by atoms with Gasteiger partial charge in [-0.2, -0.15) is 0 Å². The van der Waals surface area contributed by atoms with Gasteiger partial charge in [-0.05, 0) is 19.4 Å². The standard InChI is InChI=1S/C19H22ClN3O4/c1-3-4-8-23-16(25)12-13(17(23)26)19(22-14(12)9(2)24)10-6-5-7-11(20)15(10)21-18(19)27/h5-7,9,12-14,22,24H,3-4,8H2,1-2H3,(H,21,27)/t9-,12-,13+,14-,19+/m0/s1. The number of anilines is 1. The number of hydrogen-bond donors (Lipinski definition) is 3. The number of hydrogen-bond acceptors (Lipinski definition) is 5. The summed E-state index contributed by atoms with van der Waals surface area (Å²) >= 11 is 6.25. The van der Waals surface area contributed by atoms with E-state index in [1.807, 2.05) is 6.92 Å². The first-order valence-corrected chi connectivity index (χ1v) is 9.63. The minimum Gasteiger partial charge on any atom is -0.392 e. The smallest absolute Gasteiger partial charge is 0.250 e. The van der Waals surface area contributed by atoms with E-state index in [-0.39, 0.29) is 11.8 Å². The van der Waals surface area contributed by atoms with E-state index < -0.39 is 35.4 Å². The number of aliphatic hydroxyl groups excluding tert-OH is 1. The van der Waals surface area contributed by atoms with Crippen LogP contribution in [0.3, 0.4) is 0 Å². The third-order valence-corrected chi connectivity index (χ3v) is 6.30. The van der Waals surface area contributed by atoms with Crippen molar-refractivity contribution in [3.63, 3.8) is 0 Å². The second kappa shape index (κ2) is 6.29. The van der Waals surface area contributed by atoms with Gasteiger partial charge in [0.2, 0.25) is 17.7 Å². The summed E-state index contributed by atoms with van der Waals surface area (Å²) in [5, 5.41) is 16.6. The van der Waals surface area contributed by atoms with Crippen LogP contribution in [0.2, 0.25) is 5.02 Å². The van der Waals surface area contributed by atoms with Gasteiger partial charge >= 0.3 is 0 Å². The molecule has 4 rings (SSSR count). The van der Waals surface area contributed by atoms with Crippen molar-refractivity contribution in [2.75, 3.05) is 11.9 Å².